The van der Waals surface area contributed by atoms with Gasteiger partial charge in [-0.25, -0.2) is 9.59 Å². The number of ether oxygens (including phenoxy) is 4. The van der Waals surface area contributed by atoms with Gasteiger partial charge in [0, 0.05) is 62.8 Å². The Labute approximate surface area is 297 Å². The molecule has 2 unspecified atom stereocenters. The molecule has 0 bridgehead atoms. The number of carbonyl (C=O) groups excluding carboxylic acids is 3. The van der Waals surface area contributed by atoms with Crippen LogP contribution in [0, 0.1) is 11.8 Å². The van der Waals surface area contributed by atoms with Crippen molar-refractivity contribution in [3.05, 3.63) is 68.5 Å². The van der Waals surface area contributed by atoms with Crippen molar-refractivity contribution in [1.82, 2.24) is 19.4 Å². The van der Waals surface area contributed by atoms with Crippen LogP contribution in [-0.2, 0) is 35.1 Å². The number of rotatable bonds is 13. The molecule has 0 saturated carbocycles. The lowest BCUT2D eigenvalue weighted by Crippen LogP contribution is -2.36. The number of carbonyl (C=O) groups is 3. The lowest BCUT2D eigenvalue weighted by atomic mass is 10.0. The second-order valence-corrected chi connectivity index (χ2v) is 12.7. The number of nitrogens with zero attached hydrogens (tertiary/aromatic N) is 3. The van der Waals surface area contributed by atoms with Gasteiger partial charge in [-0.3, -0.25) is 19.3 Å². The summed E-state index contributed by atoms with van der Waals surface area (Å²) in [6.45, 7) is 19.9. The van der Waals surface area contributed by atoms with Gasteiger partial charge >= 0.3 is 11.9 Å². The van der Waals surface area contributed by atoms with Crippen molar-refractivity contribution in [2.75, 3.05) is 65.8 Å². The highest BCUT2D eigenvalue weighted by Gasteiger charge is 2.25. The maximum Gasteiger partial charge on any atom is 0.329 e. The number of hydrogen-bond donors (Lipinski definition) is 1. The molecule has 0 spiro atoms. The molecule has 2 aliphatic heterocycles. The number of aldehydes is 1. The third-order valence-electron chi connectivity index (χ3n) is 7.63. The summed E-state index contributed by atoms with van der Waals surface area (Å²) >= 11 is 0. The van der Waals surface area contributed by atoms with E-state index in [1.54, 1.807) is 19.9 Å². The Morgan fingerprint density at radius 1 is 0.780 bits per heavy atom. The lowest BCUT2D eigenvalue weighted by molar-refractivity contribution is -0.148. The summed E-state index contributed by atoms with van der Waals surface area (Å²) in [7, 11) is 0. The molecule has 2 aromatic heterocycles. The SMILES string of the molecule is C.C1COCCN1.CCOC(=O)C(CC(C)C)n1cc(C=O)ccc1=O.CCOC(=O)C(CC(C)C)n1cc(CN2CCOCC2)ccc1=O. The highest BCUT2D eigenvalue weighted by molar-refractivity contribution is 5.76. The molecule has 0 radical (unpaired) electrons. The van der Waals surface area contributed by atoms with Crippen LogP contribution >= 0.6 is 0 Å². The highest BCUT2D eigenvalue weighted by atomic mass is 16.5. The van der Waals surface area contributed by atoms with Crippen molar-refractivity contribution in [3.8, 4) is 0 Å². The quantitative estimate of drug-likeness (QED) is 0.239. The maximum atomic E-state index is 12.3. The van der Waals surface area contributed by atoms with Crippen molar-refractivity contribution in [2.45, 2.75) is 80.4 Å². The Hall–Kier alpha value is -3.65. The second-order valence-electron chi connectivity index (χ2n) is 12.7. The molecule has 0 aromatic carbocycles. The summed E-state index contributed by atoms with van der Waals surface area (Å²) in [6.07, 6.45) is 4.93. The molecule has 2 aromatic rings. The molecule has 2 fully saturated rings. The Kier molecular flexibility index (Phi) is 21.7. The Bertz CT molecular complexity index is 1380. The summed E-state index contributed by atoms with van der Waals surface area (Å²) < 4.78 is 23.4. The molecule has 4 rings (SSSR count). The van der Waals surface area contributed by atoms with Crippen LogP contribution < -0.4 is 16.4 Å². The van der Waals surface area contributed by atoms with Gasteiger partial charge in [0.05, 0.1) is 39.6 Å². The number of aromatic nitrogens is 2. The minimum atomic E-state index is -0.688. The molecular weight excluding hydrogens is 644 g/mol. The molecular formula is C37H60N4O9. The van der Waals surface area contributed by atoms with E-state index in [0.717, 1.165) is 64.7 Å². The lowest BCUT2D eigenvalue weighted by Gasteiger charge is -2.27. The van der Waals surface area contributed by atoms with Crippen LogP contribution in [0.1, 0.15) is 89.8 Å². The minimum Gasteiger partial charge on any atom is -0.464 e. The molecule has 0 aliphatic carbocycles. The first-order valence-corrected chi connectivity index (χ1v) is 17.3. The zero-order chi connectivity index (χ0) is 36.2. The number of hydrogen-bond acceptors (Lipinski definition) is 11. The second kappa shape index (κ2) is 24.5. The van der Waals surface area contributed by atoms with Crippen LogP contribution in [0.4, 0.5) is 0 Å². The van der Waals surface area contributed by atoms with Gasteiger partial charge in [-0.1, -0.05) is 41.2 Å². The van der Waals surface area contributed by atoms with Crippen LogP contribution in [0.5, 0.6) is 0 Å². The number of nitrogens with one attached hydrogen (secondary N) is 1. The fourth-order valence-electron chi connectivity index (χ4n) is 5.27. The van der Waals surface area contributed by atoms with Crippen molar-refractivity contribution >= 4 is 18.2 Å². The molecule has 13 heteroatoms. The maximum absolute atomic E-state index is 12.3. The summed E-state index contributed by atoms with van der Waals surface area (Å²) in [5, 5.41) is 3.16. The van der Waals surface area contributed by atoms with Gasteiger partial charge in [-0.15, -0.1) is 0 Å². The average molecular weight is 705 g/mol. The summed E-state index contributed by atoms with van der Waals surface area (Å²) in [4.78, 5) is 61.5. The van der Waals surface area contributed by atoms with E-state index in [0.29, 0.717) is 31.3 Å². The van der Waals surface area contributed by atoms with Gasteiger partial charge in [0.25, 0.3) is 11.1 Å². The van der Waals surface area contributed by atoms with Gasteiger partial charge in [0.1, 0.15) is 12.1 Å². The van der Waals surface area contributed by atoms with Gasteiger partial charge < -0.3 is 33.4 Å². The molecule has 13 nitrogen and oxygen atoms in total. The first-order valence-electron chi connectivity index (χ1n) is 17.3. The van der Waals surface area contributed by atoms with E-state index >= 15 is 0 Å². The van der Waals surface area contributed by atoms with Crippen molar-refractivity contribution in [3.63, 3.8) is 0 Å². The zero-order valence-corrected chi connectivity index (χ0v) is 30.1. The van der Waals surface area contributed by atoms with Gasteiger partial charge in [-0.2, -0.15) is 0 Å². The normalized spacial score (nSPS) is 15.7. The van der Waals surface area contributed by atoms with Crippen LogP contribution in [0.15, 0.2) is 46.2 Å². The van der Waals surface area contributed by atoms with Crippen LogP contribution in [0.3, 0.4) is 0 Å². The van der Waals surface area contributed by atoms with E-state index < -0.39 is 18.1 Å². The highest BCUT2D eigenvalue weighted by Crippen LogP contribution is 2.20. The minimum absolute atomic E-state index is 0. The Morgan fingerprint density at radius 2 is 1.26 bits per heavy atom. The molecule has 0 amide bonds. The van der Waals surface area contributed by atoms with Crippen LogP contribution in [-0.4, -0.2) is 98.1 Å². The van der Waals surface area contributed by atoms with E-state index in [1.807, 2.05) is 40.0 Å². The molecule has 282 valence electrons. The van der Waals surface area contributed by atoms with E-state index in [4.69, 9.17) is 18.9 Å². The predicted molar refractivity (Wildman–Crippen MR) is 194 cm³/mol. The van der Waals surface area contributed by atoms with E-state index in [1.165, 1.54) is 27.5 Å². The third-order valence-corrected chi connectivity index (χ3v) is 7.63. The van der Waals surface area contributed by atoms with Crippen molar-refractivity contribution < 1.29 is 33.3 Å². The van der Waals surface area contributed by atoms with Gasteiger partial charge in [0.15, 0.2) is 6.29 Å². The predicted octanol–water partition coefficient (Wildman–Crippen LogP) is 3.88. The first-order chi connectivity index (χ1) is 23.5. The number of esters is 2. The Balaban J connectivity index is 0.000000428. The molecule has 2 saturated heterocycles. The molecule has 2 atom stereocenters. The summed E-state index contributed by atoms with van der Waals surface area (Å²) in [5.41, 5.74) is 0.899. The largest absolute Gasteiger partial charge is 0.464 e. The number of pyridine rings is 2. The van der Waals surface area contributed by atoms with Gasteiger partial charge in [0.2, 0.25) is 0 Å². The third kappa shape index (κ3) is 15.9. The average Bonchev–Trinajstić information content (AvgIpc) is 3.09. The molecule has 50 heavy (non-hydrogen) atoms. The molecule has 4 heterocycles. The smallest absolute Gasteiger partial charge is 0.329 e. The van der Waals surface area contributed by atoms with Crippen molar-refractivity contribution in [2.24, 2.45) is 11.8 Å². The van der Waals surface area contributed by atoms with Crippen LogP contribution in [0.25, 0.3) is 0 Å². The summed E-state index contributed by atoms with van der Waals surface area (Å²) in [6, 6.07) is 4.85. The van der Waals surface area contributed by atoms with E-state index in [-0.39, 0.29) is 43.0 Å². The van der Waals surface area contributed by atoms with E-state index in [2.05, 4.69) is 10.2 Å². The van der Waals surface area contributed by atoms with E-state index in [9.17, 15) is 24.0 Å². The van der Waals surface area contributed by atoms with Crippen LogP contribution in [0.2, 0.25) is 0 Å². The topological polar surface area (TPSA) is 147 Å². The monoisotopic (exact) mass is 704 g/mol. The Morgan fingerprint density at radius 3 is 1.68 bits per heavy atom. The number of morpholine rings is 2. The standard InChI is InChI=1S/C18H28N2O4.C14H19NO4.C4H9NO.CH4/c1-4-24-18(22)16(11-14(2)3)20-13-15(5-6-17(20)21)12-19-7-9-23-10-8-19;1-4-19-14(18)12(7-10(2)3)15-8-11(9-16)5-6-13(15)17;1-3-6-4-2-5-1;/h5-6,13-14,16H,4,7-12H2,1-3H3;5-6,8-10,12H,4,7H2,1-3H3;5H,1-4H2;1H4. The summed E-state index contributed by atoms with van der Waals surface area (Å²) in [5.74, 6) is -0.270. The molecule has 1 N–H and O–H groups in total. The van der Waals surface area contributed by atoms with Crippen molar-refractivity contribution in [1.29, 1.82) is 0 Å². The fourth-order valence-corrected chi connectivity index (χ4v) is 5.27. The fraction of sp³-hybridized carbons (Fsp3) is 0.649. The zero-order valence-electron chi connectivity index (χ0n) is 30.1. The molecule has 2 aliphatic rings. The van der Waals surface area contributed by atoms with Gasteiger partial charge in [-0.05, 0) is 50.2 Å². The first kappa shape index (κ1) is 44.4.